The smallest absolute Gasteiger partial charge is 0.341 e. The predicted molar refractivity (Wildman–Crippen MR) is 96.4 cm³/mol. The number of aryl methyl sites for hydroxylation is 1. The van der Waals surface area contributed by atoms with E-state index in [4.69, 9.17) is 14.6 Å². The summed E-state index contributed by atoms with van der Waals surface area (Å²) in [5.41, 5.74) is 1.52. The molecule has 0 radical (unpaired) electrons. The number of hydrogen-bond acceptors (Lipinski definition) is 4. The molecule has 2 aromatic rings. The Morgan fingerprint density at radius 2 is 1.96 bits per heavy atom. The zero-order valence-corrected chi connectivity index (χ0v) is 15.0. The van der Waals surface area contributed by atoms with Crippen molar-refractivity contribution in [3.63, 3.8) is 0 Å². The highest BCUT2D eigenvalue weighted by molar-refractivity contribution is 7.99. The van der Waals surface area contributed by atoms with E-state index in [1.165, 1.54) is 0 Å². The van der Waals surface area contributed by atoms with E-state index in [-0.39, 0.29) is 12.7 Å². The summed E-state index contributed by atoms with van der Waals surface area (Å²) < 4.78 is 23.5. The van der Waals surface area contributed by atoms with Crippen molar-refractivity contribution in [2.24, 2.45) is 0 Å². The lowest BCUT2D eigenvalue weighted by atomic mass is 10.2. The number of hydrogen-bond donors (Lipinski definition) is 1. The number of halogens is 1. The average molecular weight is 364 g/mol. The molecular formula is C19H21FO4S. The van der Waals surface area contributed by atoms with Gasteiger partial charge in [-0.2, -0.15) is 0 Å². The van der Waals surface area contributed by atoms with E-state index in [9.17, 15) is 9.18 Å². The number of rotatable bonds is 9. The maximum absolute atomic E-state index is 12.5. The fraction of sp³-hybridized carbons (Fsp3) is 0.316. The molecule has 0 aliphatic heterocycles. The molecule has 2 aromatic carbocycles. The minimum atomic E-state index is -0.997. The molecule has 1 atom stereocenters. The Morgan fingerprint density at radius 1 is 1.24 bits per heavy atom. The molecule has 6 heteroatoms. The number of aliphatic carboxylic acids is 1. The molecule has 0 spiro atoms. The van der Waals surface area contributed by atoms with Crippen molar-refractivity contribution in [3.05, 3.63) is 53.6 Å². The fourth-order valence-corrected chi connectivity index (χ4v) is 3.07. The molecule has 0 aromatic heterocycles. The van der Waals surface area contributed by atoms with Gasteiger partial charge in [0.2, 0.25) is 0 Å². The van der Waals surface area contributed by atoms with Crippen LogP contribution < -0.4 is 9.47 Å². The van der Waals surface area contributed by atoms with Crippen molar-refractivity contribution in [3.8, 4) is 11.5 Å². The lowest BCUT2D eigenvalue weighted by Gasteiger charge is -2.15. The molecule has 0 aliphatic rings. The van der Waals surface area contributed by atoms with Crippen LogP contribution in [0.4, 0.5) is 4.39 Å². The van der Waals surface area contributed by atoms with Crippen molar-refractivity contribution in [1.82, 2.24) is 0 Å². The molecule has 0 heterocycles. The van der Waals surface area contributed by atoms with Gasteiger partial charge in [0, 0.05) is 10.6 Å². The van der Waals surface area contributed by atoms with Crippen LogP contribution in [0.3, 0.4) is 0 Å². The topological polar surface area (TPSA) is 55.8 Å². The van der Waals surface area contributed by atoms with Gasteiger partial charge >= 0.3 is 5.97 Å². The zero-order valence-electron chi connectivity index (χ0n) is 14.2. The van der Waals surface area contributed by atoms with Gasteiger partial charge in [-0.05, 0) is 55.3 Å². The molecule has 25 heavy (non-hydrogen) atoms. The van der Waals surface area contributed by atoms with Crippen LogP contribution in [-0.4, -0.2) is 29.5 Å². The van der Waals surface area contributed by atoms with Gasteiger partial charge in [-0.3, -0.25) is 0 Å². The summed E-state index contributed by atoms with van der Waals surface area (Å²) in [5, 5.41) is 8.65. The third kappa shape index (κ3) is 6.31. The van der Waals surface area contributed by atoms with Gasteiger partial charge in [0.05, 0.1) is 0 Å². The molecule has 0 saturated heterocycles. The molecule has 1 unspecified atom stereocenters. The van der Waals surface area contributed by atoms with E-state index < -0.39 is 12.6 Å². The Morgan fingerprint density at radius 3 is 2.56 bits per heavy atom. The third-order valence-electron chi connectivity index (χ3n) is 3.40. The summed E-state index contributed by atoms with van der Waals surface area (Å²) in [4.78, 5) is 11.6. The number of alkyl halides is 1. The molecule has 4 nitrogen and oxygen atoms in total. The van der Waals surface area contributed by atoms with Crippen LogP contribution in [0.1, 0.15) is 18.1 Å². The highest BCUT2D eigenvalue weighted by atomic mass is 32.2. The monoisotopic (exact) mass is 364 g/mol. The highest BCUT2D eigenvalue weighted by Crippen LogP contribution is 2.27. The number of carboxylic acids is 1. The molecule has 1 N–H and O–H groups in total. The third-order valence-corrected chi connectivity index (χ3v) is 4.62. The summed E-state index contributed by atoms with van der Waals surface area (Å²) in [6.45, 7) is 3.04. The number of carbonyl (C=O) groups is 1. The Kier molecular flexibility index (Phi) is 7.13. The van der Waals surface area contributed by atoms with Gasteiger partial charge in [-0.25, -0.2) is 9.18 Å². The molecule has 0 fully saturated rings. The van der Waals surface area contributed by atoms with Crippen LogP contribution in [0.2, 0.25) is 0 Å². The minimum Gasteiger partial charge on any atom is -0.490 e. The largest absolute Gasteiger partial charge is 0.490 e. The SMILES string of the molecule is Cc1cc(SCC(C)Oc2ccc(CF)cc2)ccc1OCC(=O)O. The van der Waals surface area contributed by atoms with Gasteiger partial charge in [-0.1, -0.05) is 12.1 Å². The summed E-state index contributed by atoms with van der Waals surface area (Å²) in [6, 6.07) is 12.6. The normalized spacial score (nSPS) is 11.8. The molecule has 0 bridgehead atoms. The van der Waals surface area contributed by atoms with E-state index >= 15 is 0 Å². The van der Waals surface area contributed by atoms with Crippen molar-refractivity contribution >= 4 is 17.7 Å². The molecule has 0 aliphatic carbocycles. The number of ether oxygens (including phenoxy) is 2. The highest BCUT2D eigenvalue weighted by Gasteiger charge is 2.08. The van der Waals surface area contributed by atoms with Crippen LogP contribution in [0.15, 0.2) is 47.4 Å². The molecular weight excluding hydrogens is 343 g/mol. The average Bonchev–Trinajstić information content (AvgIpc) is 2.59. The maximum Gasteiger partial charge on any atom is 0.341 e. The predicted octanol–water partition coefficient (Wildman–Crippen LogP) is 4.49. The molecule has 0 saturated carbocycles. The standard InChI is InChI=1S/C19H21FO4S/c1-13-9-17(7-8-18(13)23-11-19(21)22)25-12-14(2)24-16-5-3-15(10-20)4-6-16/h3-9,14H,10-12H2,1-2H3,(H,21,22). The van der Waals surface area contributed by atoms with E-state index in [1.807, 2.05) is 26.0 Å². The van der Waals surface area contributed by atoms with E-state index in [2.05, 4.69) is 0 Å². The second-order valence-electron chi connectivity index (χ2n) is 5.63. The van der Waals surface area contributed by atoms with Gasteiger partial charge in [0.1, 0.15) is 24.3 Å². The Hall–Kier alpha value is -2.21. The van der Waals surface area contributed by atoms with Crippen LogP contribution in [0.5, 0.6) is 11.5 Å². The van der Waals surface area contributed by atoms with Gasteiger partial charge in [0.25, 0.3) is 0 Å². The fourth-order valence-electron chi connectivity index (χ4n) is 2.15. The quantitative estimate of drug-likeness (QED) is 0.665. The van der Waals surface area contributed by atoms with Crippen LogP contribution in [0, 0.1) is 6.92 Å². The van der Waals surface area contributed by atoms with E-state index in [0.29, 0.717) is 11.3 Å². The first-order valence-electron chi connectivity index (χ1n) is 7.87. The van der Waals surface area contributed by atoms with Crippen molar-refractivity contribution < 1.29 is 23.8 Å². The van der Waals surface area contributed by atoms with Gasteiger partial charge in [0.15, 0.2) is 6.61 Å². The first kappa shape index (κ1) is 19.1. The Balaban J connectivity index is 1.85. The summed E-state index contributed by atoms with van der Waals surface area (Å²) in [6.07, 6.45) is -0.00975. The lowest BCUT2D eigenvalue weighted by molar-refractivity contribution is -0.139. The van der Waals surface area contributed by atoms with Gasteiger partial charge < -0.3 is 14.6 Å². The van der Waals surface area contributed by atoms with Crippen LogP contribution in [-0.2, 0) is 11.5 Å². The molecule has 2 rings (SSSR count). The van der Waals surface area contributed by atoms with Crippen molar-refractivity contribution in [2.45, 2.75) is 31.5 Å². The first-order valence-corrected chi connectivity index (χ1v) is 8.86. The number of carboxylic acid groups (broad SMARTS) is 1. The molecule has 0 amide bonds. The number of benzene rings is 2. The van der Waals surface area contributed by atoms with Crippen LogP contribution in [0.25, 0.3) is 0 Å². The Bertz CT molecular complexity index is 703. The van der Waals surface area contributed by atoms with Crippen molar-refractivity contribution in [2.75, 3.05) is 12.4 Å². The first-order chi connectivity index (χ1) is 12.0. The molecule has 134 valence electrons. The Labute approximate surface area is 151 Å². The summed E-state index contributed by atoms with van der Waals surface area (Å²) in [7, 11) is 0. The zero-order chi connectivity index (χ0) is 18.2. The van der Waals surface area contributed by atoms with Gasteiger partial charge in [-0.15, -0.1) is 11.8 Å². The summed E-state index contributed by atoms with van der Waals surface area (Å²) in [5.74, 6) is 1.05. The van der Waals surface area contributed by atoms with E-state index in [1.54, 1.807) is 42.1 Å². The maximum atomic E-state index is 12.5. The lowest BCUT2D eigenvalue weighted by Crippen LogP contribution is -2.14. The van der Waals surface area contributed by atoms with Crippen LogP contribution >= 0.6 is 11.8 Å². The second-order valence-corrected chi connectivity index (χ2v) is 6.72. The number of thioether (sulfide) groups is 1. The van der Waals surface area contributed by atoms with E-state index in [0.717, 1.165) is 22.0 Å². The second kappa shape index (κ2) is 9.32. The minimum absolute atomic E-state index is 0.00975. The summed E-state index contributed by atoms with van der Waals surface area (Å²) >= 11 is 1.65. The van der Waals surface area contributed by atoms with Crippen molar-refractivity contribution in [1.29, 1.82) is 0 Å².